The maximum absolute atomic E-state index is 13.2. The highest BCUT2D eigenvalue weighted by Gasteiger charge is 2.23. The van der Waals surface area contributed by atoms with Gasteiger partial charge in [-0.2, -0.15) is 0 Å². The molecule has 2 heterocycles. The van der Waals surface area contributed by atoms with E-state index in [0.717, 1.165) is 30.9 Å². The van der Waals surface area contributed by atoms with Gasteiger partial charge < -0.3 is 9.80 Å². The molecular weight excluding hydrogens is 348 g/mol. The summed E-state index contributed by atoms with van der Waals surface area (Å²) in [5.41, 5.74) is 3.78. The second-order valence-electron chi connectivity index (χ2n) is 6.93. The number of carbonyl (C=O) groups excluding carboxylic acids is 1. The van der Waals surface area contributed by atoms with Crippen LogP contribution in [-0.2, 0) is 6.42 Å². The lowest BCUT2D eigenvalue weighted by Crippen LogP contribution is -2.32. The summed E-state index contributed by atoms with van der Waals surface area (Å²) in [6.07, 6.45) is 2.13. The average Bonchev–Trinajstić information content (AvgIpc) is 2.74. The highest BCUT2D eigenvalue weighted by Crippen LogP contribution is 2.32. The van der Waals surface area contributed by atoms with Crippen LogP contribution < -0.4 is 9.80 Å². The molecule has 5 nitrogen and oxygen atoms in total. The first-order valence-electron chi connectivity index (χ1n) is 9.75. The van der Waals surface area contributed by atoms with Gasteiger partial charge >= 0.3 is 0 Å². The maximum atomic E-state index is 13.2. The lowest BCUT2D eigenvalue weighted by molar-refractivity contribution is 0.0983. The second-order valence-corrected chi connectivity index (χ2v) is 6.93. The Bertz CT molecular complexity index is 987. The van der Waals surface area contributed by atoms with E-state index in [-0.39, 0.29) is 5.91 Å². The Labute approximate surface area is 165 Å². The summed E-state index contributed by atoms with van der Waals surface area (Å²) in [6, 6.07) is 19.9. The molecule has 28 heavy (non-hydrogen) atoms. The molecule has 142 valence electrons. The summed E-state index contributed by atoms with van der Waals surface area (Å²) in [5, 5.41) is 0. The normalized spacial score (nSPS) is 13.1. The fourth-order valence-electron chi connectivity index (χ4n) is 3.76. The molecule has 1 aliphatic heterocycles. The van der Waals surface area contributed by atoms with Gasteiger partial charge in [-0.05, 0) is 50.5 Å². The predicted octanol–water partition coefficient (Wildman–Crippen LogP) is 4.54. The van der Waals surface area contributed by atoms with Gasteiger partial charge in [0.15, 0.2) is 0 Å². The Balaban J connectivity index is 1.71. The van der Waals surface area contributed by atoms with Gasteiger partial charge in [0.1, 0.15) is 17.3 Å². The standard InChI is InChI=1S/C23H24N4O/c1-3-26(19-12-5-4-6-13-19)23(28)20-16-22(25-17(2)24-20)27-15-9-11-18-10-7-8-14-21(18)27/h4-8,10,12-14,16H,3,9,11,15H2,1-2H3. The Hall–Kier alpha value is -3.21. The number of aromatic nitrogens is 2. The van der Waals surface area contributed by atoms with Crippen molar-refractivity contribution in [3.63, 3.8) is 0 Å². The van der Waals surface area contributed by atoms with E-state index in [2.05, 4.69) is 33.1 Å². The fourth-order valence-corrected chi connectivity index (χ4v) is 3.76. The van der Waals surface area contributed by atoms with Crippen molar-refractivity contribution in [3.8, 4) is 0 Å². The van der Waals surface area contributed by atoms with Crippen LogP contribution in [0.25, 0.3) is 0 Å². The Morgan fingerprint density at radius 2 is 1.82 bits per heavy atom. The molecule has 0 spiro atoms. The van der Waals surface area contributed by atoms with Gasteiger partial charge in [0.25, 0.3) is 5.91 Å². The molecule has 0 saturated carbocycles. The van der Waals surface area contributed by atoms with E-state index in [1.54, 1.807) is 4.90 Å². The summed E-state index contributed by atoms with van der Waals surface area (Å²) >= 11 is 0. The van der Waals surface area contributed by atoms with Crippen LogP contribution in [-0.4, -0.2) is 29.0 Å². The summed E-state index contributed by atoms with van der Waals surface area (Å²) in [5.74, 6) is 1.28. The van der Waals surface area contributed by atoms with E-state index in [4.69, 9.17) is 0 Å². The Morgan fingerprint density at radius 3 is 2.61 bits per heavy atom. The minimum Gasteiger partial charge on any atom is -0.326 e. The van der Waals surface area contributed by atoms with Crippen molar-refractivity contribution in [2.75, 3.05) is 22.9 Å². The smallest absolute Gasteiger partial charge is 0.277 e. The zero-order valence-corrected chi connectivity index (χ0v) is 16.3. The molecule has 1 aromatic heterocycles. The molecule has 1 amide bonds. The monoisotopic (exact) mass is 372 g/mol. The van der Waals surface area contributed by atoms with Crippen molar-refractivity contribution in [2.24, 2.45) is 0 Å². The predicted molar refractivity (Wildman–Crippen MR) is 112 cm³/mol. The van der Waals surface area contributed by atoms with Crippen molar-refractivity contribution in [2.45, 2.75) is 26.7 Å². The van der Waals surface area contributed by atoms with Crippen LogP contribution in [0.2, 0.25) is 0 Å². The SMILES string of the molecule is CCN(C(=O)c1cc(N2CCCc3ccccc32)nc(C)n1)c1ccccc1. The van der Waals surface area contributed by atoms with Crippen LogP contribution in [0.4, 0.5) is 17.2 Å². The summed E-state index contributed by atoms with van der Waals surface area (Å²) in [4.78, 5) is 26.3. The molecule has 0 bridgehead atoms. The molecular formula is C23H24N4O. The molecule has 0 fully saturated rings. The van der Waals surface area contributed by atoms with E-state index in [9.17, 15) is 4.79 Å². The van der Waals surface area contributed by atoms with Gasteiger partial charge in [0.05, 0.1) is 0 Å². The first-order valence-corrected chi connectivity index (χ1v) is 9.75. The summed E-state index contributed by atoms with van der Waals surface area (Å²) in [6.45, 7) is 5.28. The van der Waals surface area contributed by atoms with E-state index < -0.39 is 0 Å². The van der Waals surface area contributed by atoms with E-state index in [1.165, 1.54) is 11.3 Å². The Morgan fingerprint density at radius 1 is 1.07 bits per heavy atom. The molecule has 4 rings (SSSR count). The lowest BCUT2D eigenvalue weighted by Gasteiger charge is -2.30. The van der Waals surface area contributed by atoms with Gasteiger partial charge in [0.2, 0.25) is 0 Å². The molecule has 1 aliphatic rings. The number of carbonyl (C=O) groups is 1. The average molecular weight is 372 g/mol. The van der Waals surface area contributed by atoms with Gasteiger partial charge in [-0.25, -0.2) is 9.97 Å². The van der Waals surface area contributed by atoms with Crippen LogP contribution in [0.1, 0.15) is 35.2 Å². The van der Waals surface area contributed by atoms with Crippen molar-refractivity contribution in [1.29, 1.82) is 0 Å². The topological polar surface area (TPSA) is 49.3 Å². The number of nitrogens with zero attached hydrogens (tertiary/aromatic N) is 4. The van der Waals surface area contributed by atoms with Gasteiger partial charge in [-0.1, -0.05) is 36.4 Å². The Kier molecular flexibility index (Phi) is 5.06. The van der Waals surface area contributed by atoms with Crippen molar-refractivity contribution >= 4 is 23.1 Å². The highest BCUT2D eigenvalue weighted by atomic mass is 16.2. The molecule has 3 aromatic rings. The van der Waals surface area contributed by atoms with Crippen molar-refractivity contribution < 1.29 is 4.79 Å². The van der Waals surface area contributed by atoms with Gasteiger partial charge in [-0.3, -0.25) is 4.79 Å². The maximum Gasteiger partial charge on any atom is 0.277 e. The van der Waals surface area contributed by atoms with Crippen LogP contribution in [0.3, 0.4) is 0 Å². The van der Waals surface area contributed by atoms with Crippen LogP contribution in [0, 0.1) is 6.92 Å². The van der Waals surface area contributed by atoms with Crippen molar-refractivity contribution in [3.05, 3.63) is 77.7 Å². The number of benzene rings is 2. The molecule has 5 heteroatoms. The zero-order chi connectivity index (χ0) is 19.5. The number of anilines is 3. The molecule has 0 unspecified atom stereocenters. The zero-order valence-electron chi connectivity index (χ0n) is 16.3. The third kappa shape index (κ3) is 3.48. The number of rotatable bonds is 4. The number of fused-ring (bicyclic) bond motifs is 1. The van der Waals surface area contributed by atoms with Gasteiger partial charge in [0, 0.05) is 30.5 Å². The third-order valence-electron chi connectivity index (χ3n) is 5.06. The molecule has 0 radical (unpaired) electrons. The van der Waals surface area contributed by atoms with Crippen molar-refractivity contribution in [1.82, 2.24) is 9.97 Å². The molecule has 0 saturated heterocycles. The molecule has 2 aromatic carbocycles. The van der Waals surface area contributed by atoms with Gasteiger partial charge in [-0.15, -0.1) is 0 Å². The molecule has 0 atom stereocenters. The number of aryl methyl sites for hydroxylation is 2. The highest BCUT2D eigenvalue weighted by molar-refractivity contribution is 6.05. The number of para-hydroxylation sites is 2. The number of hydrogen-bond donors (Lipinski definition) is 0. The fraction of sp³-hybridized carbons (Fsp3) is 0.261. The first kappa shape index (κ1) is 18.2. The van der Waals surface area contributed by atoms with Crippen LogP contribution in [0.5, 0.6) is 0 Å². The summed E-state index contributed by atoms with van der Waals surface area (Å²) < 4.78 is 0. The molecule has 0 N–H and O–H groups in total. The number of amides is 1. The minimum atomic E-state index is -0.106. The van der Waals surface area contributed by atoms with E-state index in [1.807, 2.05) is 56.3 Å². The van der Waals surface area contributed by atoms with Crippen LogP contribution >= 0.6 is 0 Å². The lowest BCUT2D eigenvalue weighted by atomic mass is 10.0. The third-order valence-corrected chi connectivity index (χ3v) is 5.06. The number of hydrogen-bond acceptors (Lipinski definition) is 4. The van der Waals surface area contributed by atoms with E-state index >= 15 is 0 Å². The first-order chi connectivity index (χ1) is 13.7. The molecule has 0 aliphatic carbocycles. The largest absolute Gasteiger partial charge is 0.326 e. The quantitative estimate of drug-likeness (QED) is 0.675. The van der Waals surface area contributed by atoms with Crippen LogP contribution in [0.15, 0.2) is 60.7 Å². The minimum absolute atomic E-state index is 0.106. The summed E-state index contributed by atoms with van der Waals surface area (Å²) in [7, 11) is 0. The van der Waals surface area contributed by atoms with E-state index in [0.29, 0.717) is 18.1 Å². The second kappa shape index (κ2) is 7.80.